The quantitative estimate of drug-likeness (QED) is 0.563. The second-order valence-electron chi connectivity index (χ2n) is 7.30. The van der Waals surface area contributed by atoms with Crippen molar-refractivity contribution in [3.05, 3.63) is 29.3 Å². The van der Waals surface area contributed by atoms with Gasteiger partial charge in [-0.05, 0) is 37.0 Å². The van der Waals surface area contributed by atoms with Crippen LogP contribution in [0.5, 0.6) is 0 Å². The zero-order valence-corrected chi connectivity index (χ0v) is 17.4. The average Bonchev–Trinajstić information content (AvgIpc) is 3.08. The molecule has 8 heteroatoms. The maximum absolute atomic E-state index is 11.9. The fourth-order valence-corrected chi connectivity index (χ4v) is 4.09. The van der Waals surface area contributed by atoms with Gasteiger partial charge in [-0.25, -0.2) is 13.4 Å². The van der Waals surface area contributed by atoms with Crippen molar-refractivity contribution in [3.8, 4) is 0 Å². The van der Waals surface area contributed by atoms with Gasteiger partial charge in [-0.1, -0.05) is 25.0 Å². The standard InChI is InChI=1S/C19H30N4O3S/c1-14-11-15(9-10-17(14)27(4,25)26)12-20-19(21-13-18(24)23(2)3)22-16-7-5-6-8-16/h9-11,16H,5-8,12-13H2,1-4H3,(H2,20,21,22). The molecule has 0 heterocycles. The lowest BCUT2D eigenvalue weighted by Crippen LogP contribution is -2.46. The summed E-state index contributed by atoms with van der Waals surface area (Å²) < 4.78 is 23.5. The van der Waals surface area contributed by atoms with Crippen molar-refractivity contribution in [2.45, 2.75) is 50.1 Å². The molecule has 0 atom stereocenters. The van der Waals surface area contributed by atoms with Crippen LogP contribution in [0, 0.1) is 6.92 Å². The van der Waals surface area contributed by atoms with E-state index in [1.54, 1.807) is 33.2 Å². The van der Waals surface area contributed by atoms with Crippen LogP contribution >= 0.6 is 0 Å². The van der Waals surface area contributed by atoms with Crippen molar-refractivity contribution in [2.75, 3.05) is 26.9 Å². The van der Waals surface area contributed by atoms with Gasteiger partial charge in [0.25, 0.3) is 0 Å². The van der Waals surface area contributed by atoms with Gasteiger partial charge in [-0.3, -0.25) is 4.79 Å². The van der Waals surface area contributed by atoms with Crippen molar-refractivity contribution >= 4 is 21.7 Å². The summed E-state index contributed by atoms with van der Waals surface area (Å²) in [5.41, 5.74) is 1.64. The van der Waals surface area contributed by atoms with Crippen LogP contribution in [0.2, 0.25) is 0 Å². The lowest BCUT2D eigenvalue weighted by atomic mass is 10.1. The van der Waals surface area contributed by atoms with Crippen molar-refractivity contribution in [2.24, 2.45) is 4.99 Å². The first-order valence-corrected chi connectivity index (χ1v) is 11.1. The summed E-state index contributed by atoms with van der Waals surface area (Å²) in [5, 5.41) is 6.50. The lowest BCUT2D eigenvalue weighted by Gasteiger charge is -2.18. The Morgan fingerprint density at radius 3 is 2.48 bits per heavy atom. The van der Waals surface area contributed by atoms with Crippen LogP contribution in [0.25, 0.3) is 0 Å². The van der Waals surface area contributed by atoms with E-state index in [1.807, 2.05) is 6.07 Å². The second kappa shape index (κ2) is 9.21. The van der Waals surface area contributed by atoms with Crippen LogP contribution in [-0.2, 0) is 21.2 Å². The van der Waals surface area contributed by atoms with Crippen molar-refractivity contribution in [3.63, 3.8) is 0 Å². The number of guanidine groups is 1. The first-order chi connectivity index (χ1) is 12.7. The van der Waals surface area contributed by atoms with Crippen LogP contribution in [0.3, 0.4) is 0 Å². The molecule has 1 saturated carbocycles. The molecule has 27 heavy (non-hydrogen) atoms. The summed E-state index contributed by atoms with van der Waals surface area (Å²) in [4.78, 5) is 18.3. The fraction of sp³-hybridized carbons (Fsp3) is 0.579. The molecule has 0 unspecified atom stereocenters. The van der Waals surface area contributed by atoms with E-state index < -0.39 is 9.84 Å². The fourth-order valence-electron chi connectivity index (χ4n) is 3.13. The number of amides is 1. The highest BCUT2D eigenvalue weighted by Gasteiger charge is 2.17. The van der Waals surface area contributed by atoms with Gasteiger partial charge >= 0.3 is 0 Å². The van der Waals surface area contributed by atoms with Crippen LogP contribution < -0.4 is 10.6 Å². The van der Waals surface area contributed by atoms with Gasteiger partial charge in [0, 0.05) is 26.4 Å². The van der Waals surface area contributed by atoms with Crippen molar-refractivity contribution < 1.29 is 13.2 Å². The summed E-state index contributed by atoms with van der Waals surface area (Å²) in [6, 6.07) is 5.63. The van der Waals surface area contributed by atoms with Crippen LogP contribution in [0.1, 0.15) is 36.8 Å². The number of likely N-dealkylation sites (N-methyl/N-ethyl adjacent to an activating group) is 1. The number of benzene rings is 1. The number of aliphatic imine (C=N–C) groups is 1. The minimum Gasteiger partial charge on any atom is -0.354 e. The normalized spacial score (nSPS) is 15.6. The summed E-state index contributed by atoms with van der Waals surface area (Å²) in [6.45, 7) is 2.37. The molecule has 2 rings (SSSR count). The minimum atomic E-state index is -3.23. The SMILES string of the molecule is Cc1cc(CN=C(NCC(=O)N(C)C)NC2CCCC2)ccc1S(C)(=O)=O. The zero-order chi connectivity index (χ0) is 20.0. The highest BCUT2D eigenvalue weighted by Crippen LogP contribution is 2.18. The van der Waals surface area contributed by atoms with Crippen molar-refractivity contribution in [1.82, 2.24) is 15.5 Å². The Hall–Kier alpha value is -2.09. The molecule has 0 spiro atoms. The van der Waals surface area contributed by atoms with Gasteiger partial charge in [0.15, 0.2) is 15.8 Å². The average molecular weight is 395 g/mol. The Bertz CT molecular complexity index is 797. The Labute approximate surface area is 162 Å². The van der Waals surface area contributed by atoms with E-state index in [-0.39, 0.29) is 12.5 Å². The first kappa shape index (κ1) is 21.2. The second-order valence-corrected chi connectivity index (χ2v) is 9.29. The molecular formula is C19H30N4O3S. The Morgan fingerprint density at radius 1 is 1.26 bits per heavy atom. The number of sulfone groups is 1. The van der Waals surface area contributed by atoms with Gasteiger partial charge in [0.2, 0.25) is 5.91 Å². The minimum absolute atomic E-state index is 0.0238. The van der Waals surface area contributed by atoms with E-state index in [9.17, 15) is 13.2 Å². The van der Waals surface area contributed by atoms with E-state index in [0.717, 1.165) is 18.4 Å². The van der Waals surface area contributed by atoms with E-state index in [0.29, 0.717) is 29.0 Å². The molecular weight excluding hydrogens is 364 g/mol. The van der Waals surface area contributed by atoms with Crippen LogP contribution in [0.4, 0.5) is 0 Å². The molecule has 1 aliphatic carbocycles. The topological polar surface area (TPSA) is 90.9 Å². The van der Waals surface area contributed by atoms with E-state index in [1.165, 1.54) is 24.0 Å². The molecule has 1 aromatic rings. The lowest BCUT2D eigenvalue weighted by molar-refractivity contribution is -0.127. The number of nitrogens with one attached hydrogen (secondary N) is 2. The highest BCUT2D eigenvalue weighted by atomic mass is 32.2. The highest BCUT2D eigenvalue weighted by molar-refractivity contribution is 7.90. The predicted octanol–water partition coefficient (Wildman–Crippen LogP) is 1.46. The Morgan fingerprint density at radius 2 is 1.93 bits per heavy atom. The summed E-state index contributed by atoms with van der Waals surface area (Å²) in [5.74, 6) is 0.589. The number of rotatable bonds is 6. The molecule has 1 aliphatic rings. The molecule has 1 aromatic carbocycles. The molecule has 1 fully saturated rings. The predicted molar refractivity (Wildman–Crippen MR) is 108 cm³/mol. The maximum atomic E-state index is 11.9. The third-order valence-electron chi connectivity index (χ3n) is 4.66. The number of carbonyl (C=O) groups excluding carboxylic acids is 1. The van der Waals surface area contributed by atoms with Gasteiger partial charge in [-0.2, -0.15) is 0 Å². The number of aryl methyl sites for hydroxylation is 1. The molecule has 0 aromatic heterocycles. The summed E-state index contributed by atoms with van der Waals surface area (Å²) in [7, 11) is 0.213. The third kappa shape index (κ3) is 6.53. The molecule has 7 nitrogen and oxygen atoms in total. The van der Waals surface area contributed by atoms with Gasteiger partial charge < -0.3 is 15.5 Å². The molecule has 0 saturated heterocycles. The smallest absolute Gasteiger partial charge is 0.241 e. The number of hydrogen-bond donors (Lipinski definition) is 2. The van der Waals surface area contributed by atoms with Crippen LogP contribution in [-0.4, -0.2) is 58.1 Å². The van der Waals surface area contributed by atoms with Gasteiger partial charge in [0.1, 0.15) is 0 Å². The molecule has 0 radical (unpaired) electrons. The van der Waals surface area contributed by atoms with Gasteiger partial charge in [-0.15, -0.1) is 0 Å². The van der Waals surface area contributed by atoms with Crippen molar-refractivity contribution in [1.29, 1.82) is 0 Å². The molecule has 1 amide bonds. The van der Waals surface area contributed by atoms with Crippen LogP contribution in [0.15, 0.2) is 28.1 Å². The number of nitrogens with zero attached hydrogens (tertiary/aromatic N) is 2. The van der Waals surface area contributed by atoms with E-state index >= 15 is 0 Å². The number of hydrogen-bond acceptors (Lipinski definition) is 4. The third-order valence-corrected chi connectivity index (χ3v) is 5.92. The zero-order valence-electron chi connectivity index (χ0n) is 16.6. The molecule has 0 aliphatic heterocycles. The molecule has 2 N–H and O–H groups in total. The summed E-state index contributed by atoms with van der Waals surface area (Å²) in [6.07, 6.45) is 5.82. The largest absolute Gasteiger partial charge is 0.354 e. The molecule has 0 bridgehead atoms. The van der Waals surface area contributed by atoms with E-state index in [2.05, 4.69) is 15.6 Å². The maximum Gasteiger partial charge on any atom is 0.241 e. The summed E-state index contributed by atoms with van der Waals surface area (Å²) >= 11 is 0. The Balaban J connectivity index is 2.10. The van der Waals surface area contributed by atoms with E-state index in [4.69, 9.17) is 0 Å². The monoisotopic (exact) mass is 394 g/mol. The molecule has 150 valence electrons. The first-order valence-electron chi connectivity index (χ1n) is 9.21. The Kier molecular flexibility index (Phi) is 7.24. The van der Waals surface area contributed by atoms with Gasteiger partial charge in [0.05, 0.1) is 18.0 Å². The number of carbonyl (C=O) groups is 1.